The zero-order valence-electron chi connectivity index (χ0n) is 64.4. The van der Waals surface area contributed by atoms with Crippen LogP contribution in [0.1, 0.15) is 205 Å². The molecule has 0 unspecified atom stereocenters. The lowest BCUT2D eigenvalue weighted by Crippen LogP contribution is -2.61. The summed E-state index contributed by atoms with van der Waals surface area (Å²) in [5.74, 6) is -10.4. The van der Waals surface area contributed by atoms with Crippen molar-refractivity contribution in [1.82, 2.24) is 68.8 Å². The predicted molar refractivity (Wildman–Crippen MR) is 414 cm³/mol. The Hall–Kier alpha value is -9.76. The topological polar surface area (TPSA) is 523 Å². The van der Waals surface area contributed by atoms with Crippen LogP contribution < -0.4 is 81.0 Å². The average Bonchev–Trinajstić information content (AvgIpc) is 1.65. The van der Waals surface area contributed by atoms with Crippen LogP contribution in [-0.4, -0.2) is 200 Å². The number of hydrogen-bond acceptors (Lipinski definition) is 17. The molecule has 4 rings (SSSR count). The van der Waals surface area contributed by atoms with Crippen molar-refractivity contribution in [1.29, 1.82) is 5.41 Å². The second-order valence-corrected chi connectivity index (χ2v) is 27.9. The van der Waals surface area contributed by atoms with Crippen LogP contribution in [0.15, 0.2) is 60.8 Å². The molecule has 0 radical (unpaired) electrons. The minimum atomic E-state index is -1.67. The van der Waals surface area contributed by atoms with Gasteiger partial charge in [-0.2, -0.15) is 0 Å². The molecule has 1 saturated heterocycles. The molecule has 612 valence electrons. The van der Waals surface area contributed by atoms with Gasteiger partial charge < -0.3 is 101 Å². The van der Waals surface area contributed by atoms with Crippen LogP contribution in [0, 0.1) is 5.41 Å². The molecule has 1 aliphatic rings. The largest absolute Gasteiger partial charge is 0.391 e. The number of nitrogens with two attached hydrogens (primary N) is 3. The molecule has 33 heteroatoms. The van der Waals surface area contributed by atoms with Crippen molar-refractivity contribution < 1.29 is 76.9 Å². The van der Waals surface area contributed by atoms with Crippen LogP contribution in [-0.2, 0) is 84.6 Å². The zero-order chi connectivity index (χ0) is 80.4. The zero-order valence-corrected chi connectivity index (χ0v) is 64.4. The van der Waals surface area contributed by atoms with Gasteiger partial charge in [0.25, 0.3) is 0 Å². The maximum Gasteiger partial charge on any atom is 0.245 e. The van der Waals surface area contributed by atoms with Crippen molar-refractivity contribution in [3.8, 4) is 0 Å². The first-order valence-electron chi connectivity index (χ1n) is 39.2. The fraction of sp³-hybridized carbons (Fsp3) is 0.636. The van der Waals surface area contributed by atoms with Crippen LogP contribution in [0.4, 0.5) is 0 Å². The molecule has 0 spiro atoms. The van der Waals surface area contributed by atoms with E-state index < -0.39 is 145 Å². The van der Waals surface area contributed by atoms with Gasteiger partial charge in [0.15, 0.2) is 5.96 Å². The monoisotopic (exact) mass is 1540 g/mol. The third-order valence-electron chi connectivity index (χ3n) is 18.7. The quantitative estimate of drug-likeness (QED) is 0.0217. The van der Waals surface area contributed by atoms with Gasteiger partial charge in [-0.15, -0.1) is 0 Å². The number of guanidine groups is 1. The molecule has 0 saturated carbocycles. The maximum atomic E-state index is 14.9. The highest BCUT2D eigenvalue weighted by molar-refractivity contribution is 5.99. The fourth-order valence-corrected chi connectivity index (χ4v) is 12.4. The van der Waals surface area contributed by atoms with Crippen LogP contribution in [0.25, 0.3) is 10.9 Å². The highest BCUT2D eigenvalue weighted by Gasteiger charge is 2.36. The Morgan fingerprint density at radius 3 is 1.73 bits per heavy atom. The smallest absolute Gasteiger partial charge is 0.245 e. The van der Waals surface area contributed by atoms with E-state index in [1.807, 2.05) is 25.1 Å². The maximum absolute atomic E-state index is 14.9. The van der Waals surface area contributed by atoms with E-state index in [4.69, 9.17) is 32.1 Å². The van der Waals surface area contributed by atoms with Crippen LogP contribution >= 0.6 is 0 Å². The molecule has 13 amide bonds. The molecule has 1 aromatic heterocycles. The van der Waals surface area contributed by atoms with Gasteiger partial charge in [-0.05, 0) is 88.3 Å². The van der Waals surface area contributed by atoms with Gasteiger partial charge in [0.05, 0.1) is 32.5 Å². The number of aromatic amines is 1. The van der Waals surface area contributed by atoms with Gasteiger partial charge in [-0.25, -0.2) is 0 Å². The van der Waals surface area contributed by atoms with Crippen molar-refractivity contribution in [2.24, 2.45) is 17.2 Å². The molecular formula is C77H123N17O16. The second kappa shape index (κ2) is 54.0. The molecule has 0 aliphatic carbocycles. The number of primary amides is 2. The first-order valence-corrected chi connectivity index (χ1v) is 39.2. The van der Waals surface area contributed by atoms with Gasteiger partial charge in [-0.1, -0.05) is 139 Å². The summed E-state index contributed by atoms with van der Waals surface area (Å²) in [6.07, 6.45) is 12.9. The molecule has 33 nitrogen and oxygen atoms in total. The van der Waals surface area contributed by atoms with E-state index in [-0.39, 0.29) is 128 Å². The van der Waals surface area contributed by atoms with E-state index in [2.05, 4.69) is 75.7 Å². The number of ether oxygens (including phenoxy) is 2. The summed E-state index contributed by atoms with van der Waals surface area (Å²) in [4.78, 5) is 183. The summed E-state index contributed by atoms with van der Waals surface area (Å²) in [7, 11) is 0. The second-order valence-electron chi connectivity index (χ2n) is 27.9. The Bertz CT molecular complexity index is 3380. The first-order chi connectivity index (χ1) is 52.9. The molecule has 2 heterocycles. The van der Waals surface area contributed by atoms with E-state index in [0.29, 0.717) is 43.5 Å². The number of H-pyrrole nitrogens is 1. The summed E-state index contributed by atoms with van der Waals surface area (Å²) in [6.45, 7) is 7.02. The standard InChI is InChI=1S/C77H123N17O16/c1-4-6-8-9-10-11-12-13-14-15-19-33-64(97)83-42-44-109-46-47-110-45-43-84-65(98)34-24-35-67(100)94-68(51(3)95)76(108)91-57(29-7-5-2)70(102)90-60-37-39-66(99)82-40-23-22-31-56(69(79)101)87-75(107)62(49-53-50-86-55-30-21-20-28-54(53)55)93-71(103)58(32-25-41-85-77(80)81)88-74(106)61(48-52-26-17-16-18-27-52)92-73(105)59(89-72(60)104)36-38-63(78)96/h16-18,20-21,26-28,30,50-51,56-62,68,86,95H,4-15,19,22-25,29,31-49H2,1-3H3,(H2,78,96)(H2,79,101)(H,82,99)(H,83,97)(H,84,98)(H,87,107)(H,88,106)(H,89,104)(H,90,102)(H,91,108)(H,92,105)(H,93,103)(H,94,100)(H4,80,81,85)/t51-,56+,57+,58+,59+,60+,61-,62+,68+/m1/s1. The molecule has 21 N–H and O–H groups in total. The van der Waals surface area contributed by atoms with E-state index in [0.717, 1.165) is 30.2 Å². The highest BCUT2D eigenvalue weighted by atomic mass is 16.5. The fourth-order valence-electron chi connectivity index (χ4n) is 12.4. The first kappa shape index (κ1) is 92.6. The average molecular weight is 1540 g/mol. The Kier molecular flexibility index (Phi) is 45.4. The Morgan fingerprint density at radius 2 is 1.11 bits per heavy atom. The van der Waals surface area contributed by atoms with Crippen molar-refractivity contribution in [3.63, 3.8) is 0 Å². The lowest BCUT2D eigenvalue weighted by atomic mass is 10.0. The SMILES string of the molecule is CCCCCCCCCCCCCC(=O)NCCOCCOCCNC(=O)CCCC(=O)N[C@H](C(=O)N[C@@H](CCCC)C(=O)N[C@H]1CCC(=O)NCCCC[C@@H](C(N)=O)NC(=O)[C@H](Cc2c[nH]c3ccccc23)NC(=O)[C@H](CCCNC(=N)N)NC(=O)[C@@H](Cc2ccccc2)NC(=O)[C@H](CCC(N)=O)NC1=O)[C@@H](C)O. The Morgan fingerprint density at radius 1 is 0.555 bits per heavy atom. The summed E-state index contributed by atoms with van der Waals surface area (Å²) < 4.78 is 11.1. The normalized spacial score (nSPS) is 18.7. The van der Waals surface area contributed by atoms with E-state index >= 15 is 0 Å². The van der Waals surface area contributed by atoms with Crippen molar-refractivity contribution in [2.45, 2.75) is 261 Å². The van der Waals surface area contributed by atoms with Gasteiger partial charge in [0.2, 0.25) is 76.8 Å². The van der Waals surface area contributed by atoms with Gasteiger partial charge in [0.1, 0.15) is 48.3 Å². The molecule has 1 fully saturated rings. The molecule has 9 atom stereocenters. The van der Waals surface area contributed by atoms with Gasteiger partial charge >= 0.3 is 0 Å². The van der Waals surface area contributed by atoms with Crippen LogP contribution in [0.5, 0.6) is 0 Å². The predicted octanol–water partition coefficient (Wildman–Crippen LogP) is 1.63. The van der Waals surface area contributed by atoms with Crippen molar-refractivity contribution >= 4 is 93.7 Å². The number of aromatic nitrogens is 1. The van der Waals surface area contributed by atoms with Crippen LogP contribution in [0.2, 0.25) is 0 Å². The Balaban J connectivity index is 1.45. The third kappa shape index (κ3) is 38.5. The Labute approximate surface area is 645 Å². The number of fused-ring (bicyclic) bond motifs is 1. The summed E-state index contributed by atoms with van der Waals surface area (Å²) in [6, 6.07) is 3.64. The summed E-state index contributed by atoms with van der Waals surface area (Å²) in [5.41, 5.74) is 18.9. The summed E-state index contributed by atoms with van der Waals surface area (Å²) >= 11 is 0. The third-order valence-corrected chi connectivity index (χ3v) is 18.7. The van der Waals surface area contributed by atoms with Gasteiger partial charge in [0, 0.05) is 88.2 Å². The summed E-state index contributed by atoms with van der Waals surface area (Å²) in [5, 5.41) is 51.3. The number of unbranched alkanes of at least 4 members (excludes halogenated alkanes) is 11. The highest BCUT2D eigenvalue weighted by Crippen LogP contribution is 2.21. The number of carbonyl (C=O) groups excluding carboxylic acids is 13. The number of carbonyl (C=O) groups is 13. The minimum Gasteiger partial charge on any atom is -0.391 e. The number of rotatable bonds is 46. The number of amides is 13. The number of hydrogen-bond donors (Lipinski definition) is 18. The van der Waals surface area contributed by atoms with E-state index in [9.17, 15) is 67.4 Å². The van der Waals surface area contributed by atoms with Crippen molar-refractivity contribution in [3.05, 3.63) is 71.9 Å². The molecule has 0 bridgehead atoms. The molecular weight excluding hydrogens is 1420 g/mol. The minimum absolute atomic E-state index is 0.00590. The number of para-hydroxylation sites is 1. The van der Waals surface area contributed by atoms with E-state index in [1.165, 1.54) is 58.3 Å². The van der Waals surface area contributed by atoms with Crippen LogP contribution in [0.3, 0.4) is 0 Å². The molecule has 3 aromatic rings. The molecule has 2 aromatic carbocycles. The number of benzene rings is 2. The van der Waals surface area contributed by atoms with Crippen molar-refractivity contribution in [2.75, 3.05) is 52.6 Å². The number of aliphatic hydroxyl groups excluding tert-OH is 1. The van der Waals surface area contributed by atoms with E-state index in [1.54, 1.807) is 42.6 Å². The lowest BCUT2D eigenvalue weighted by Gasteiger charge is -2.28. The van der Waals surface area contributed by atoms with Gasteiger partial charge in [-0.3, -0.25) is 67.7 Å². The lowest BCUT2D eigenvalue weighted by molar-refractivity contribution is -0.136. The number of aliphatic hydroxyl groups is 1. The number of nitrogens with one attached hydrogen (secondary N) is 14. The molecule has 1 aliphatic heterocycles. The molecule has 110 heavy (non-hydrogen) atoms.